The number of aliphatic hydroxyl groups is 1. The summed E-state index contributed by atoms with van der Waals surface area (Å²) in [6.45, 7) is 1.80. The van der Waals surface area contributed by atoms with Crippen LogP contribution in [0, 0.1) is 0 Å². The standard InChI is InChI=1S/C10H10OS/c1-7(11)9-3-2-8-6-12-5-4-10(8)9/h2-7,11H,1H3. The van der Waals surface area contributed by atoms with Crippen LogP contribution in [0.15, 0.2) is 29.0 Å². The summed E-state index contributed by atoms with van der Waals surface area (Å²) in [6, 6.07) is 6.10. The van der Waals surface area contributed by atoms with Gasteiger partial charge in [0, 0.05) is 0 Å². The Labute approximate surface area is 75.6 Å². The molecule has 0 aromatic heterocycles. The van der Waals surface area contributed by atoms with Crippen LogP contribution in [-0.4, -0.2) is 5.11 Å². The monoisotopic (exact) mass is 178 g/mol. The Balaban J connectivity index is 2.60. The van der Waals surface area contributed by atoms with Gasteiger partial charge in [-0.15, -0.1) is 0 Å². The van der Waals surface area contributed by atoms with Crippen molar-refractivity contribution < 1.29 is 5.11 Å². The van der Waals surface area contributed by atoms with Crippen molar-refractivity contribution in [2.45, 2.75) is 13.0 Å². The first-order valence-corrected chi connectivity index (χ1v) is 4.86. The van der Waals surface area contributed by atoms with Gasteiger partial charge in [-0.05, 0) is 40.4 Å². The van der Waals surface area contributed by atoms with Gasteiger partial charge in [-0.1, -0.05) is 12.1 Å². The van der Waals surface area contributed by atoms with E-state index in [1.165, 1.54) is 11.1 Å². The summed E-state index contributed by atoms with van der Waals surface area (Å²) in [5, 5.41) is 13.5. The molecule has 0 spiro atoms. The lowest BCUT2D eigenvalue weighted by Gasteiger charge is -2.05. The van der Waals surface area contributed by atoms with Crippen molar-refractivity contribution in [1.29, 1.82) is 0 Å². The van der Waals surface area contributed by atoms with Gasteiger partial charge in [0.05, 0.1) is 6.10 Å². The van der Waals surface area contributed by atoms with E-state index in [1.54, 1.807) is 18.3 Å². The molecule has 1 unspecified atom stereocenters. The van der Waals surface area contributed by atoms with E-state index in [0.717, 1.165) is 5.56 Å². The van der Waals surface area contributed by atoms with E-state index in [-0.39, 0.29) is 6.10 Å². The number of fused-ring (bicyclic) bond motifs is 1. The molecule has 1 aliphatic heterocycles. The Kier molecular flexibility index (Phi) is 1.87. The second-order valence-corrected chi connectivity index (χ2v) is 3.67. The first-order valence-electron chi connectivity index (χ1n) is 3.92. The molecule has 1 heterocycles. The minimum absolute atomic E-state index is 0.366. The highest BCUT2D eigenvalue weighted by molar-refractivity contribution is 7.07. The predicted molar refractivity (Wildman–Crippen MR) is 51.6 cm³/mol. The fraction of sp³-hybridized carbons (Fsp3) is 0.200. The highest BCUT2D eigenvalue weighted by Gasteiger charge is 2.11. The second kappa shape index (κ2) is 2.88. The lowest BCUT2D eigenvalue weighted by Crippen LogP contribution is -1.89. The van der Waals surface area contributed by atoms with Crippen molar-refractivity contribution in [2.24, 2.45) is 0 Å². The minimum atomic E-state index is -0.366. The summed E-state index contributed by atoms with van der Waals surface area (Å²) in [5.41, 5.74) is 3.42. The van der Waals surface area contributed by atoms with E-state index in [9.17, 15) is 5.11 Å². The predicted octanol–water partition coefficient (Wildman–Crippen LogP) is 2.91. The molecule has 2 rings (SSSR count). The average molecular weight is 178 g/mol. The van der Waals surface area contributed by atoms with Crippen LogP contribution in [0.3, 0.4) is 0 Å². The molecule has 0 fully saturated rings. The van der Waals surface area contributed by atoms with Gasteiger partial charge in [0.25, 0.3) is 0 Å². The molecular weight excluding hydrogens is 168 g/mol. The quantitative estimate of drug-likeness (QED) is 0.712. The van der Waals surface area contributed by atoms with Crippen LogP contribution in [0.1, 0.15) is 18.6 Å². The van der Waals surface area contributed by atoms with Gasteiger partial charge in [0.15, 0.2) is 0 Å². The van der Waals surface area contributed by atoms with Gasteiger partial charge in [0.1, 0.15) is 0 Å². The van der Waals surface area contributed by atoms with Gasteiger partial charge < -0.3 is 5.11 Å². The van der Waals surface area contributed by atoms with E-state index in [1.807, 2.05) is 17.5 Å². The van der Waals surface area contributed by atoms with Crippen molar-refractivity contribution in [2.75, 3.05) is 0 Å². The van der Waals surface area contributed by atoms with Crippen molar-refractivity contribution >= 4 is 11.3 Å². The van der Waals surface area contributed by atoms with E-state index in [2.05, 4.69) is 11.4 Å². The Morgan fingerprint density at radius 1 is 1.33 bits per heavy atom. The number of hydrogen-bond donors (Lipinski definition) is 1. The molecule has 12 heavy (non-hydrogen) atoms. The van der Waals surface area contributed by atoms with Crippen LogP contribution in [-0.2, 0) is 0 Å². The lowest BCUT2D eigenvalue weighted by molar-refractivity contribution is 0.200. The third kappa shape index (κ3) is 1.13. The topological polar surface area (TPSA) is 20.2 Å². The third-order valence-corrected chi connectivity index (χ3v) is 2.71. The molecule has 0 amide bonds. The van der Waals surface area contributed by atoms with Gasteiger partial charge in [-0.25, -0.2) is 0 Å². The van der Waals surface area contributed by atoms with E-state index in [4.69, 9.17) is 0 Å². The first-order chi connectivity index (χ1) is 5.79. The number of hydrogen-bond acceptors (Lipinski definition) is 2. The highest BCUT2D eigenvalue weighted by atomic mass is 32.1. The van der Waals surface area contributed by atoms with Crippen molar-refractivity contribution in [3.63, 3.8) is 0 Å². The Hall–Kier alpha value is -0.860. The maximum Gasteiger partial charge on any atom is 0.0767 e. The summed E-state index contributed by atoms with van der Waals surface area (Å²) >= 11 is 1.68. The van der Waals surface area contributed by atoms with Gasteiger partial charge in [-0.3, -0.25) is 0 Å². The van der Waals surface area contributed by atoms with Crippen LogP contribution in [0.2, 0.25) is 0 Å². The fourth-order valence-corrected chi connectivity index (χ4v) is 2.05. The Bertz CT molecular complexity index is 351. The largest absolute Gasteiger partial charge is 0.389 e. The summed E-state index contributed by atoms with van der Waals surface area (Å²) in [4.78, 5) is 0. The second-order valence-electron chi connectivity index (χ2n) is 2.89. The third-order valence-electron chi connectivity index (χ3n) is 2.02. The van der Waals surface area contributed by atoms with Crippen molar-refractivity contribution in [3.8, 4) is 11.1 Å². The van der Waals surface area contributed by atoms with Crippen molar-refractivity contribution in [1.82, 2.24) is 0 Å². The molecule has 0 radical (unpaired) electrons. The van der Waals surface area contributed by atoms with Crippen LogP contribution in [0.5, 0.6) is 0 Å². The molecule has 0 saturated carbocycles. The highest BCUT2D eigenvalue weighted by Crippen LogP contribution is 2.32. The van der Waals surface area contributed by atoms with E-state index >= 15 is 0 Å². The lowest BCUT2D eigenvalue weighted by atomic mass is 10.1. The van der Waals surface area contributed by atoms with Crippen LogP contribution < -0.4 is 0 Å². The molecule has 2 aliphatic rings. The number of rotatable bonds is 1. The van der Waals surface area contributed by atoms with Crippen molar-refractivity contribution in [3.05, 3.63) is 34.5 Å². The zero-order valence-corrected chi connectivity index (χ0v) is 7.64. The molecule has 0 saturated heterocycles. The minimum Gasteiger partial charge on any atom is -0.389 e. The van der Waals surface area contributed by atoms with Crippen LogP contribution in [0.4, 0.5) is 0 Å². The smallest absolute Gasteiger partial charge is 0.0767 e. The summed E-state index contributed by atoms with van der Waals surface area (Å²) < 4.78 is 0. The molecule has 0 aromatic rings. The summed E-state index contributed by atoms with van der Waals surface area (Å²) in [5.74, 6) is 0. The SMILES string of the molecule is CC(O)c1ccc2csccc1-2. The maximum atomic E-state index is 9.41. The maximum absolute atomic E-state index is 9.41. The molecule has 1 N–H and O–H groups in total. The molecular formula is C10H10OS. The van der Waals surface area contributed by atoms with E-state index < -0.39 is 0 Å². The fourth-order valence-electron chi connectivity index (χ4n) is 1.41. The summed E-state index contributed by atoms with van der Waals surface area (Å²) in [7, 11) is 0. The molecule has 62 valence electrons. The summed E-state index contributed by atoms with van der Waals surface area (Å²) in [6.07, 6.45) is -0.366. The molecule has 1 aliphatic carbocycles. The molecule has 2 heteroatoms. The van der Waals surface area contributed by atoms with Gasteiger partial charge in [-0.2, -0.15) is 11.3 Å². The van der Waals surface area contributed by atoms with Gasteiger partial charge in [0.2, 0.25) is 0 Å². The number of aliphatic hydroxyl groups excluding tert-OH is 1. The first kappa shape index (κ1) is 7.77. The van der Waals surface area contributed by atoms with E-state index in [0.29, 0.717) is 0 Å². The zero-order valence-electron chi connectivity index (χ0n) is 6.82. The molecule has 1 nitrogen and oxygen atoms in total. The Morgan fingerprint density at radius 3 is 2.92 bits per heavy atom. The average Bonchev–Trinajstić information content (AvgIpc) is 2.47. The zero-order chi connectivity index (χ0) is 8.55. The van der Waals surface area contributed by atoms with Crippen LogP contribution in [0.25, 0.3) is 11.1 Å². The molecule has 1 atom stereocenters. The van der Waals surface area contributed by atoms with Gasteiger partial charge >= 0.3 is 0 Å². The molecule has 0 aromatic carbocycles. The molecule has 0 bridgehead atoms. The normalized spacial score (nSPS) is 13.5. The van der Waals surface area contributed by atoms with Crippen LogP contribution >= 0.6 is 11.3 Å². The Morgan fingerprint density at radius 2 is 2.17 bits per heavy atom.